The van der Waals surface area contributed by atoms with Crippen LogP contribution in [0.25, 0.3) is 22.2 Å². The zero-order chi connectivity index (χ0) is 16.0. The van der Waals surface area contributed by atoms with Gasteiger partial charge < -0.3 is 15.5 Å². The van der Waals surface area contributed by atoms with Gasteiger partial charge >= 0.3 is 0 Å². The Kier molecular flexibility index (Phi) is 3.41. The Hall–Kier alpha value is -2.21. The summed E-state index contributed by atoms with van der Waals surface area (Å²) >= 11 is 0. The summed E-state index contributed by atoms with van der Waals surface area (Å²) in [7, 11) is 0. The maximum Gasteiger partial charge on any atom is 0.229 e. The van der Waals surface area contributed by atoms with E-state index >= 15 is 0 Å². The van der Waals surface area contributed by atoms with Crippen molar-refractivity contribution in [3.8, 4) is 0 Å². The highest BCUT2D eigenvalue weighted by atomic mass is 16.3. The molecule has 0 atom stereocenters. The van der Waals surface area contributed by atoms with Crippen molar-refractivity contribution in [1.29, 1.82) is 0 Å². The molecule has 0 aromatic carbocycles. The average Bonchev–Trinajstić information content (AvgIpc) is 3.15. The zero-order valence-electron chi connectivity index (χ0n) is 13.5. The van der Waals surface area contributed by atoms with Gasteiger partial charge in [0.15, 0.2) is 11.4 Å². The number of fused-ring (bicyclic) bond motifs is 5. The number of anilines is 1. The second-order valence-corrected chi connectivity index (χ2v) is 6.36. The minimum Gasteiger partial charge on any atom is -0.432 e. The Morgan fingerprint density at radius 1 is 1.26 bits per heavy atom. The largest absolute Gasteiger partial charge is 0.432 e. The van der Waals surface area contributed by atoms with Gasteiger partial charge in [-0.3, -0.25) is 0 Å². The number of hydrogen-bond acceptors (Lipinski definition) is 6. The van der Waals surface area contributed by atoms with Gasteiger partial charge in [-0.1, -0.05) is 13.8 Å². The minimum absolute atomic E-state index is 0.389. The van der Waals surface area contributed by atoms with Crippen LogP contribution in [0.4, 0.5) is 5.82 Å². The molecule has 1 aliphatic rings. The summed E-state index contributed by atoms with van der Waals surface area (Å²) in [6, 6.07) is 0. The highest BCUT2D eigenvalue weighted by Crippen LogP contribution is 2.39. The molecule has 1 aliphatic carbocycles. The highest BCUT2D eigenvalue weighted by molar-refractivity contribution is 6.06. The predicted octanol–water partition coefficient (Wildman–Crippen LogP) is 2.75. The number of aryl methyl sites for hydroxylation is 1. The van der Waals surface area contributed by atoms with Crippen LogP contribution in [0, 0.1) is 0 Å². The van der Waals surface area contributed by atoms with Crippen LogP contribution in [-0.2, 0) is 12.8 Å². The van der Waals surface area contributed by atoms with Crippen LogP contribution in [0.3, 0.4) is 0 Å². The third-order valence-corrected chi connectivity index (χ3v) is 4.49. The van der Waals surface area contributed by atoms with Gasteiger partial charge in [0.1, 0.15) is 11.8 Å². The number of aromatic nitrogens is 3. The number of furan rings is 1. The lowest BCUT2D eigenvalue weighted by atomic mass is 9.99. The number of pyridine rings is 1. The molecule has 3 N–H and O–H groups in total. The lowest BCUT2D eigenvalue weighted by molar-refractivity contribution is 0.644. The fourth-order valence-electron chi connectivity index (χ4n) is 3.52. The first-order chi connectivity index (χ1) is 11.2. The van der Waals surface area contributed by atoms with E-state index < -0.39 is 0 Å². The van der Waals surface area contributed by atoms with Crippen LogP contribution in [0.5, 0.6) is 0 Å². The number of nitrogens with one attached hydrogen (secondary N) is 1. The molecule has 0 unspecified atom stereocenters. The molecule has 0 amide bonds. The van der Waals surface area contributed by atoms with Gasteiger partial charge in [-0.05, 0) is 36.3 Å². The molecule has 0 bridgehead atoms. The molecule has 0 saturated carbocycles. The first-order valence-electron chi connectivity index (χ1n) is 8.23. The third-order valence-electron chi connectivity index (χ3n) is 4.49. The van der Waals surface area contributed by atoms with Crippen molar-refractivity contribution in [3.63, 3.8) is 0 Å². The number of nitrogens with two attached hydrogens (primary N) is 1. The molecule has 6 nitrogen and oxygen atoms in total. The number of rotatable bonds is 4. The van der Waals surface area contributed by atoms with Gasteiger partial charge in [0, 0.05) is 13.1 Å². The summed E-state index contributed by atoms with van der Waals surface area (Å²) in [6.45, 7) is 5.55. The van der Waals surface area contributed by atoms with E-state index in [1.165, 1.54) is 17.5 Å². The van der Waals surface area contributed by atoms with Crippen molar-refractivity contribution in [2.24, 2.45) is 5.73 Å². The molecule has 120 valence electrons. The second-order valence-electron chi connectivity index (χ2n) is 6.36. The molecule has 0 saturated heterocycles. The molecule has 4 rings (SSSR count). The summed E-state index contributed by atoms with van der Waals surface area (Å²) in [5.74, 6) is 1.08. The second kappa shape index (κ2) is 5.45. The summed E-state index contributed by atoms with van der Waals surface area (Å²) in [6.07, 6.45) is 4.92. The Balaban J connectivity index is 2.02. The van der Waals surface area contributed by atoms with E-state index in [1.807, 2.05) is 0 Å². The molecule has 0 spiro atoms. The molecule has 3 aromatic rings. The van der Waals surface area contributed by atoms with Crippen molar-refractivity contribution in [3.05, 3.63) is 23.1 Å². The Bertz CT molecular complexity index is 884. The number of hydrogen-bond donors (Lipinski definition) is 2. The first kappa shape index (κ1) is 14.4. The maximum atomic E-state index is 6.06. The third kappa shape index (κ3) is 2.16. The normalized spacial score (nSPS) is 14.1. The van der Waals surface area contributed by atoms with Crippen LogP contribution in [0.15, 0.2) is 10.7 Å². The first-order valence-corrected chi connectivity index (χ1v) is 8.23. The van der Waals surface area contributed by atoms with Crippen molar-refractivity contribution >= 4 is 28.0 Å². The zero-order valence-corrected chi connectivity index (χ0v) is 13.5. The summed E-state index contributed by atoms with van der Waals surface area (Å²) < 4.78 is 6.06. The summed E-state index contributed by atoms with van der Waals surface area (Å²) in [5, 5.41) is 4.27. The van der Waals surface area contributed by atoms with E-state index in [9.17, 15) is 0 Å². The van der Waals surface area contributed by atoms with Gasteiger partial charge in [-0.15, -0.1) is 0 Å². The van der Waals surface area contributed by atoms with E-state index in [1.54, 1.807) is 6.33 Å². The molecule has 0 radical (unpaired) electrons. The molecule has 6 heteroatoms. The molecular formula is C17H21N5O. The van der Waals surface area contributed by atoms with Crippen LogP contribution in [0.1, 0.15) is 43.0 Å². The fraction of sp³-hybridized carbons (Fsp3) is 0.471. The van der Waals surface area contributed by atoms with Crippen LogP contribution < -0.4 is 11.1 Å². The number of nitrogens with zero attached hydrogens (tertiary/aromatic N) is 3. The molecule has 3 heterocycles. The molecule has 0 aliphatic heterocycles. The van der Waals surface area contributed by atoms with Gasteiger partial charge in [0.25, 0.3) is 0 Å². The summed E-state index contributed by atoms with van der Waals surface area (Å²) in [4.78, 5) is 13.6. The minimum atomic E-state index is 0.389. The van der Waals surface area contributed by atoms with Crippen molar-refractivity contribution in [2.75, 3.05) is 18.4 Å². The Labute approximate surface area is 134 Å². The van der Waals surface area contributed by atoms with E-state index in [-0.39, 0.29) is 0 Å². The van der Waals surface area contributed by atoms with E-state index in [0.717, 1.165) is 29.4 Å². The molecular weight excluding hydrogens is 290 g/mol. The lowest BCUT2D eigenvalue weighted by Crippen LogP contribution is -2.14. The topological polar surface area (TPSA) is 89.9 Å². The van der Waals surface area contributed by atoms with Crippen molar-refractivity contribution < 1.29 is 4.42 Å². The van der Waals surface area contributed by atoms with Crippen molar-refractivity contribution in [2.45, 2.75) is 39.0 Å². The molecule has 23 heavy (non-hydrogen) atoms. The van der Waals surface area contributed by atoms with Gasteiger partial charge in [-0.25, -0.2) is 15.0 Å². The Morgan fingerprint density at radius 3 is 2.87 bits per heavy atom. The summed E-state index contributed by atoms with van der Waals surface area (Å²) in [5.41, 5.74) is 11.7. The quantitative estimate of drug-likeness (QED) is 0.770. The maximum absolute atomic E-state index is 6.06. The monoisotopic (exact) mass is 311 g/mol. The highest BCUT2D eigenvalue weighted by Gasteiger charge is 2.26. The van der Waals surface area contributed by atoms with Crippen molar-refractivity contribution in [1.82, 2.24) is 15.0 Å². The standard InChI is InChI=1S/C17H21N5O/c1-9(2)13-11-5-3-4-10(11)12-14-15(23-17(12)22-13)16(19-7-6-18)21-8-20-14/h8-9H,3-7,18H2,1-2H3,(H,19,20,21). The van der Waals surface area contributed by atoms with E-state index in [0.29, 0.717) is 36.1 Å². The van der Waals surface area contributed by atoms with Crippen LogP contribution in [-0.4, -0.2) is 28.0 Å². The predicted molar refractivity (Wildman–Crippen MR) is 90.8 cm³/mol. The van der Waals surface area contributed by atoms with E-state index in [2.05, 4.69) is 29.1 Å². The lowest BCUT2D eigenvalue weighted by Gasteiger charge is -2.10. The Morgan fingerprint density at radius 2 is 2.09 bits per heavy atom. The average molecular weight is 311 g/mol. The molecule has 3 aromatic heterocycles. The van der Waals surface area contributed by atoms with E-state index in [4.69, 9.17) is 15.1 Å². The van der Waals surface area contributed by atoms with Gasteiger partial charge in [0.2, 0.25) is 5.71 Å². The fourth-order valence-corrected chi connectivity index (χ4v) is 3.52. The van der Waals surface area contributed by atoms with Gasteiger partial charge in [-0.2, -0.15) is 0 Å². The smallest absolute Gasteiger partial charge is 0.229 e. The SMILES string of the molecule is CC(C)c1nc2oc3c(NCCN)ncnc3c2c2c1CCC2. The van der Waals surface area contributed by atoms with Crippen LogP contribution in [0.2, 0.25) is 0 Å². The van der Waals surface area contributed by atoms with Gasteiger partial charge in [0.05, 0.1) is 11.1 Å². The molecule has 0 fully saturated rings. The van der Waals surface area contributed by atoms with Crippen LogP contribution >= 0.6 is 0 Å².